The van der Waals surface area contributed by atoms with Gasteiger partial charge in [-0.25, -0.2) is 4.98 Å². The molecule has 1 aliphatic rings. The molecular weight excluding hydrogens is 280 g/mol. The molecule has 0 spiro atoms. The molecule has 0 bridgehead atoms. The van der Waals surface area contributed by atoms with Crippen molar-refractivity contribution in [1.29, 1.82) is 0 Å². The summed E-state index contributed by atoms with van der Waals surface area (Å²) in [5, 5.41) is 9.51. The van der Waals surface area contributed by atoms with Gasteiger partial charge in [0, 0.05) is 13.1 Å². The first kappa shape index (κ1) is 15.4. The molecule has 0 aromatic carbocycles. The van der Waals surface area contributed by atoms with Crippen molar-refractivity contribution < 1.29 is 8.42 Å². The lowest BCUT2D eigenvalue weighted by atomic mass is 10.00. The highest BCUT2D eigenvalue weighted by molar-refractivity contribution is 7.87. The Kier molecular flexibility index (Phi) is 5.08. The van der Waals surface area contributed by atoms with E-state index in [2.05, 4.69) is 25.2 Å². The van der Waals surface area contributed by atoms with Crippen LogP contribution in [-0.2, 0) is 10.2 Å². The van der Waals surface area contributed by atoms with Crippen molar-refractivity contribution >= 4 is 10.2 Å². The Labute approximate surface area is 119 Å². The lowest BCUT2D eigenvalue weighted by molar-refractivity contribution is 0.259. The predicted molar refractivity (Wildman–Crippen MR) is 75.1 cm³/mol. The Morgan fingerprint density at radius 3 is 3.05 bits per heavy atom. The molecule has 3 N–H and O–H groups in total. The van der Waals surface area contributed by atoms with E-state index in [4.69, 9.17) is 0 Å². The van der Waals surface area contributed by atoms with Gasteiger partial charge in [-0.2, -0.15) is 22.5 Å². The maximum Gasteiger partial charge on any atom is 0.280 e. The van der Waals surface area contributed by atoms with Crippen LogP contribution >= 0.6 is 0 Å². The van der Waals surface area contributed by atoms with Gasteiger partial charge in [0.05, 0.1) is 6.04 Å². The fourth-order valence-electron chi connectivity index (χ4n) is 2.48. The third-order valence-electron chi connectivity index (χ3n) is 3.48. The minimum absolute atomic E-state index is 0.367. The van der Waals surface area contributed by atoms with Crippen LogP contribution in [0.2, 0.25) is 0 Å². The van der Waals surface area contributed by atoms with Crippen molar-refractivity contribution in [3.63, 3.8) is 0 Å². The number of aromatic amines is 1. The fraction of sp³-hybridized carbons (Fsp3) is 0.818. The lowest BCUT2D eigenvalue weighted by Crippen LogP contribution is -2.48. The van der Waals surface area contributed by atoms with Crippen molar-refractivity contribution in [3.05, 3.63) is 12.2 Å². The molecule has 1 saturated heterocycles. The number of nitrogens with zero attached hydrogens (tertiary/aromatic N) is 3. The number of hydrogen-bond donors (Lipinski definition) is 3. The first-order valence-corrected chi connectivity index (χ1v) is 8.24. The van der Waals surface area contributed by atoms with Gasteiger partial charge < -0.3 is 5.32 Å². The summed E-state index contributed by atoms with van der Waals surface area (Å²) in [5.41, 5.74) is 0. The van der Waals surface area contributed by atoms with Crippen LogP contribution in [0.15, 0.2) is 6.33 Å². The molecule has 2 heterocycles. The zero-order valence-corrected chi connectivity index (χ0v) is 12.7. The molecule has 2 atom stereocenters. The zero-order valence-electron chi connectivity index (χ0n) is 11.8. The van der Waals surface area contributed by atoms with Gasteiger partial charge in [0.15, 0.2) is 0 Å². The first-order valence-electron chi connectivity index (χ1n) is 6.80. The summed E-state index contributed by atoms with van der Waals surface area (Å²) < 4.78 is 28.9. The van der Waals surface area contributed by atoms with E-state index < -0.39 is 16.3 Å². The van der Waals surface area contributed by atoms with E-state index >= 15 is 0 Å². The minimum Gasteiger partial charge on any atom is -0.319 e. The number of rotatable bonds is 6. The second kappa shape index (κ2) is 6.61. The highest BCUT2D eigenvalue weighted by Gasteiger charge is 2.30. The average Bonchev–Trinajstić information content (AvgIpc) is 2.93. The monoisotopic (exact) mass is 302 g/mol. The van der Waals surface area contributed by atoms with Gasteiger partial charge in [-0.3, -0.25) is 5.10 Å². The van der Waals surface area contributed by atoms with Gasteiger partial charge >= 0.3 is 0 Å². The molecule has 114 valence electrons. The lowest BCUT2D eigenvalue weighted by Gasteiger charge is -2.32. The number of nitrogens with one attached hydrogen (secondary N) is 3. The van der Waals surface area contributed by atoms with E-state index in [1.165, 1.54) is 10.6 Å². The summed E-state index contributed by atoms with van der Waals surface area (Å²) in [6, 6.07) is -0.424. The summed E-state index contributed by atoms with van der Waals surface area (Å²) >= 11 is 0. The number of H-pyrrole nitrogens is 1. The van der Waals surface area contributed by atoms with Crippen molar-refractivity contribution in [2.45, 2.75) is 25.8 Å². The summed E-state index contributed by atoms with van der Waals surface area (Å²) in [6.45, 7) is 3.70. The van der Waals surface area contributed by atoms with E-state index in [0.717, 1.165) is 19.4 Å². The number of hydrogen-bond acceptors (Lipinski definition) is 5. The van der Waals surface area contributed by atoms with Crippen LogP contribution in [0.25, 0.3) is 0 Å². The molecule has 0 saturated carbocycles. The Morgan fingerprint density at radius 2 is 2.40 bits per heavy atom. The molecule has 0 amide bonds. The van der Waals surface area contributed by atoms with Gasteiger partial charge in [0.2, 0.25) is 0 Å². The van der Waals surface area contributed by atoms with Gasteiger partial charge in [-0.1, -0.05) is 0 Å². The normalized spacial score (nSPS) is 22.8. The minimum atomic E-state index is -3.49. The summed E-state index contributed by atoms with van der Waals surface area (Å²) in [5.74, 6) is 0.878. The Hall–Kier alpha value is -1.03. The average molecular weight is 302 g/mol. The van der Waals surface area contributed by atoms with Crippen molar-refractivity contribution in [1.82, 2.24) is 29.5 Å². The van der Waals surface area contributed by atoms with Crippen LogP contribution in [0, 0.1) is 5.92 Å². The standard InChI is InChI=1S/C11H22N6O2S/c1-9(11-13-8-14-15-11)16-20(18,19)17-5-3-4-10(7-17)6-12-2/h8-10,12,16H,3-7H2,1-2H3,(H,13,14,15). The van der Waals surface area contributed by atoms with E-state index in [0.29, 0.717) is 24.8 Å². The van der Waals surface area contributed by atoms with Crippen molar-refractivity contribution in [3.8, 4) is 0 Å². The maximum atomic E-state index is 12.4. The Bertz CT molecular complexity index is 501. The van der Waals surface area contributed by atoms with Crippen LogP contribution < -0.4 is 10.0 Å². The van der Waals surface area contributed by atoms with Crippen LogP contribution in [-0.4, -0.2) is 54.6 Å². The quantitative estimate of drug-likeness (QED) is 0.665. The summed E-state index contributed by atoms with van der Waals surface area (Å²) in [6.07, 6.45) is 3.32. The molecule has 0 aliphatic carbocycles. The highest BCUT2D eigenvalue weighted by Crippen LogP contribution is 2.19. The predicted octanol–water partition coefficient (Wildman–Crippen LogP) is -0.368. The molecule has 1 aromatic rings. The van der Waals surface area contributed by atoms with Crippen LogP contribution in [0.4, 0.5) is 0 Å². The smallest absolute Gasteiger partial charge is 0.280 e. The third-order valence-corrected chi connectivity index (χ3v) is 5.15. The molecule has 1 aromatic heterocycles. The van der Waals surface area contributed by atoms with E-state index in [1.807, 2.05) is 7.05 Å². The first-order chi connectivity index (χ1) is 9.53. The van der Waals surface area contributed by atoms with Gasteiger partial charge in [0.25, 0.3) is 10.2 Å². The molecule has 2 rings (SSSR count). The van der Waals surface area contributed by atoms with E-state index in [1.54, 1.807) is 6.92 Å². The van der Waals surface area contributed by atoms with E-state index in [9.17, 15) is 8.42 Å². The Morgan fingerprint density at radius 1 is 1.60 bits per heavy atom. The molecule has 9 heteroatoms. The van der Waals surface area contributed by atoms with Gasteiger partial charge in [-0.15, -0.1) is 0 Å². The second-order valence-electron chi connectivity index (χ2n) is 5.14. The SMILES string of the molecule is CNCC1CCCN(S(=O)(=O)NC(C)c2ncn[nH]2)C1. The molecule has 1 aliphatic heterocycles. The number of piperidine rings is 1. The van der Waals surface area contributed by atoms with Crippen LogP contribution in [0.1, 0.15) is 31.6 Å². The molecule has 20 heavy (non-hydrogen) atoms. The third kappa shape index (κ3) is 3.75. The van der Waals surface area contributed by atoms with Gasteiger partial charge in [-0.05, 0) is 39.3 Å². The maximum absolute atomic E-state index is 12.4. The van der Waals surface area contributed by atoms with Crippen LogP contribution in [0.5, 0.6) is 0 Å². The summed E-state index contributed by atoms with van der Waals surface area (Å²) in [4.78, 5) is 3.97. The largest absolute Gasteiger partial charge is 0.319 e. The molecule has 0 radical (unpaired) electrons. The molecular formula is C11H22N6O2S. The fourth-order valence-corrected chi connectivity index (χ4v) is 3.96. The highest BCUT2D eigenvalue weighted by atomic mass is 32.2. The van der Waals surface area contributed by atoms with Crippen LogP contribution in [0.3, 0.4) is 0 Å². The topological polar surface area (TPSA) is 103 Å². The molecule has 8 nitrogen and oxygen atoms in total. The zero-order chi connectivity index (χ0) is 14.6. The Balaban J connectivity index is 1.99. The van der Waals surface area contributed by atoms with Crippen molar-refractivity contribution in [2.75, 3.05) is 26.7 Å². The van der Waals surface area contributed by atoms with E-state index in [-0.39, 0.29) is 0 Å². The molecule has 1 fully saturated rings. The number of aromatic nitrogens is 3. The second-order valence-corrected chi connectivity index (χ2v) is 6.84. The van der Waals surface area contributed by atoms with Crippen molar-refractivity contribution in [2.24, 2.45) is 5.92 Å². The summed E-state index contributed by atoms with van der Waals surface area (Å²) in [7, 11) is -1.61. The van der Waals surface area contributed by atoms with Gasteiger partial charge in [0.1, 0.15) is 12.2 Å². The molecule has 2 unspecified atom stereocenters.